The van der Waals surface area contributed by atoms with E-state index in [4.69, 9.17) is 4.74 Å². The van der Waals surface area contributed by atoms with Gasteiger partial charge in [-0.15, -0.1) is 0 Å². The number of hydrogen-bond acceptors (Lipinski definition) is 4. The van der Waals surface area contributed by atoms with Crippen LogP contribution >= 0.6 is 0 Å². The summed E-state index contributed by atoms with van der Waals surface area (Å²) in [5.41, 5.74) is -0.827. The van der Waals surface area contributed by atoms with Crippen LogP contribution in [-0.2, 0) is 9.53 Å². The highest BCUT2D eigenvalue weighted by Gasteiger charge is 2.40. The second kappa shape index (κ2) is 5.33. The van der Waals surface area contributed by atoms with Gasteiger partial charge < -0.3 is 20.5 Å². The molecule has 17 heavy (non-hydrogen) atoms. The maximum atomic E-state index is 11.7. The smallest absolute Gasteiger partial charge is 0.237 e. The lowest BCUT2D eigenvalue weighted by molar-refractivity contribution is -0.123. The largest absolute Gasteiger partial charge is 0.386 e. The number of nitrogens with one attached hydrogen (secondary N) is 2. The van der Waals surface area contributed by atoms with E-state index in [0.29, 0.717) is 19.6 Å². The summed E-state index contributed by atoms with van der Waals surface area (Å²) in [6, 6.07) is -0.172. The lowest BCUT2D eigenvalue weighted by Crippen LogP contribution is -2.52. The maximum Gasteiger partial charge on any atom is 0.237 e. The molecular weight excluding hydrogens is 220 g/mol. The third-order valence-electron chi connectivity index (χ3n) is 3.85. The Morgan fingerprint density at radius 3 is 3.12 bits per heavy atom. The first-order valence-corrected chi connectivity index (χ1v) is 6.47. The minimum Gasteiger partial charge on any atom is -0.386 e. The van der Waals surface area contributed by atoms with Crippen LogP contribution in [0.25, 0.3) is 0 Å². The van der Waals surface area contributed by atoms with Gasteiger partial charge in [0, 0.05) is 26.1 Å². The van der Waals surface area contributed by atoms with Gasteiger partial charge in [-0.2, -0.15) is 0 Å². The van der Waals surface area contributed by atoms with Gasteiger partial charge in [-0.25, -0.2) is 0 Å². The molecule has 3 atom stereocenters. The molecule has 3 N–H and O–H groups in total. The van der Waals surface area contributed by atoms with Crippen LogP contribution in [0.1, 0.15) is 32.6 Å². The highest BCUT2D eigenvalue weighted by molar-refractivity contribution is 5.81. The summed E-state index contributed by atoms with van der Waals surface area (Å²) in [6.45, 7) is 3.66. The minimum absolute atomic E-state index is 0.0534. The Balaban J connectivity index is 1.86. The lowest BCUT2D eigenvalue weighted by atomic mass is 9.96. The highest BCUT2D eigenvalue weighted by atomic mass is 16.5. The van der Waals surface area contributed by atoms with E-state index in [2.05, 4.69) is 10.6 Å². The molecule has 98 valence electrons. The van der Waals surface area contributed by atoms with E-state index in [1.54, 1.807) is 0 Å². The first-order valence-electron chi connectivity index (χ1n) is 6.47. The van der Waals surface area contributed by atoms with Crippen molar-refractivity contribution in [1.82, 2.24) is 10.6 Å². The van der Waals surface area contributed by atoms with Gasteiger partial charge in [0.05, 0.1) is 12.1 Å². The monoisotopic (exact) mass is 242 g/mol. The summed E-state index contributed by atoms with van der Waals surface area (Å²) in [6.07, 6.45) is 3.39. The van der Waals surface area contributed by atoms with Gasteiger partial charge in [0.1, 0.15) is 5.60 Å². The Morgan fingerprint density at radius 2 is 2.41 bits per heavy atom. The fraction of sp³-hybridized carbons (Fsp3) is 0.917. The lowest BCUT2D eigenvalue weighted by Gasteiger charge is -2.28. The zero-order valence-corrected chi connectivity index (χ0v) is 10.4. The van der Waals surface area contributed by atoms with Crippen molar-refractivity contribution in [3.05, 3.63) is 0 Å². The Hall–Kier alpha value is -0.650. The van der Waals surface area contributed by atoms with E-state index < -0.39 is 5.60 Å². The van der Waals surface area contributed by atoms with Crippen LogP contribution in [0.2, 0.25) is 0 Å². The summed E-state index contributed by atoms with van der Waals surface area (Å²) in [4.78, 5) is 11.7. The molecular formula is C12H22N2O3. The fourth-order valence-electron chi connectivity index (χ4n) is 2.44. The molecule has 2 rings (SSSR count). The minimum atomic E-state index is -0.827. The molecule has 0 aromatic carbocycles. The Labute approximate surface area is 102 Å². The standard InChI is InChI=1S/C12H22N2O3/c1-9-12(16,5-7-17-9)8-14-10-4-2-3-6-13-11(10)15/h9-10,14,16H,2-8H2,1H3,(H,13,15). The average molecular weight is 242 g/mol. The number of amides is 1. The number of ether oxygens (including phenoxy) is 1. The molecule has 2 heterocycles. The van der Waals surface area contributed by atoms with Crippen molar-refractivity contribution >= 4 is 5.91 Å². The number of carbonyl (C=O) groups is 1. The van der Waals surface area contributed by atoms with Gasteiger partial charge in [0.2, 0.25) is 5.91 Å². The van der Waals surface area contributed by atoms with E-state index in [1.807, 2.05) is 6.92 Å². The first-order chi connectivity index (χ1) is 8.12. The molecule has 0 saturated carbocycles. The van der Waals surface area contributed by atoms with Crippen LogP contribution in [0.15, 0.2) is 0 Å². The highest BCUT2D eigenvalue weighted by Crippen LogP contribution is 2.25. The van der Waals surface area contributed by atoms with E-state index in [9.17, 15) is 9.90 Å². The summed E-state index contributed by atoms with van der Waals surface area (Å²) < 4.78 is 5.37. The van der Waals surface area contributed by atoms with Crippen molar-refractivity contribution in [3.8, 4) is 0 Å². The molecule has 0 bridgehead atoms. The first kappa shape index (κ1) is 12.8. The number of carbonyl (C=O) groups excluding carboxylic acids is 1. The van der Waals surface area contributed by atoms with E-state index in [1.165, 1.54) is 0 Å². The van der Waals surface area contributed by atoms with Crippen molar-refractivity contribution in [2.45, 2.75) is 50.4 Å². The fourth-order valence-corrected chi connectivity index (χ4v) is 2.44. The quantitative estimate of drug-likeness (QED) is 0.640. The molecule has 1 amide bonds. The van der Waals surface area contributed by atoms with E-state index >= 15 is 0 Å². The molecule has 2 saturated heterocycles. The normalized spacial score (nSPS) is 38.8. The third kappa shape index (κ3) is 2.97. The van der Waals surface area contributed by atoms with Gasteiger partial charge >= 0.3 is 0 Å². The number of rotatable bonds is 3. The SMILES string of the molecule is CC1OCCC1(O)CNC1CCCCNC1=O. The molecule has 0 aromatic rings. The van der Waals surface area contributed by atoms with Crippen molar-refractivity contribution in [2.24, 2.45) is 0 Å². The summed E-state index contributed by atoms with van der Waals surface area (Å²) in [7, 11) is 0. The third-order valence-corrected chi connectivity index (χ3v) is 3.85. The van der Waals surface area contributed by atoms with Gasteiger partial charge in [0.15, 0.2) is 0 Å². The second-order valence-corrected chi connectivity index (χ2v) is 5.09. The van der Waals surface area contributed by atoms with Crippen LogP contribution in [0.3, 0.4) is 0 Å². The van der Waals surface area contributed by atoms with Gasteiger partial charge in [0.25, 0.3) is 0 Å². The molecule has 5 heteroatoms. The predicted molar refractivity (Wildman–Crippen MR) is 63.6 cm³/mol. The van der Waals surface area contributed by atoms with Gasteiger partial charge in [-0.3, -0.25) is 4.79 Å². The summed E-state index contributed by atoms with van der Waals surface area (Å²) in [5.74, 6) is 0.0534. The predicted octanol–water partition coefficient (Wildman–Crippen LogP) is -0.215. The average Bonchev–Trinajstić information content (AvgIpc) is 2.51. The molecule has 5 nitrogen and oxygen atoms in total. The molecule has 0 aromatic heterocycles. The Kier molecular flexibility index (Phi) is 4.01. The molecule has 0 aliphatic carbocycles. The van der Waals surface area contributed by atoms with Gasteiger partial charge in [-0.05, 0) is 26.2 Å². The second-order valence-electron chi connectivity index (χ2n) is 5.09. The van der Waals surface area contributed by atoms with Crippen molar-refractivity contribution < 1.29 is 14.6 Å². The van der Waals surface area contributed by atoms with E-state index in [-0.39, 0.29) is 18.1 Å². The molecule has 2 aliphatic rings. The molecule has 0 spiro atoms. The summed E-state index contributed by atoms with van der Waals surface area (Å²) in [5, 5.41) is 16.4. The van der Waals surface area contributed by atoms with Crippen molar-refractivity contribution in [3.63, 3.8) is 0 Å². The zero-order chi connectivity index (χ0) is 12.3. The zero-order valence-electron chi connectivity index (χ0n) is 10.4. The number of hydrogen-bond donors (Lipinski definition) is 3. The summed E-state index contributed by atoms with van der Waals surface area (Å²) >= 11 is 0. The van der Waals surface area contributed by atoms with Crippen LogP contribution < -0.4 is 10.6 Å². The Morgan fingerprint density at radius 1 is 1.59 bits per heavy atom. The van der Waals surface area contributed by atoms with Crippen LogP contribution in [0.5, 0.6) is 0 Å². The van der Waals surface area contributed by atoms with Crippen LogP contribution in [-0.4, -0.2) is 48.5 Å². The molecule has 0 radical (unpaired) electrons. The van der Waals surface area contributed by atoms with Gasteiger partial charge in [-0.1, -0.05) is 0 Å². The van der Waals surface area contributed by atoms with Crippen molar-refractivity contribution in [1.29, 1.82) is 0 Å². The van der Waals surface area contributed by atoms with Crippen molar-refractivity contribution in [2.75, 3.05) is 19.7 Å². The molecule has 2 aliphatic heterocycles. The maximum absolute atomic E-state index is 11.7. The molecule has 3 unspecified atom stereocenters. The number of aliphatic hydroxyl groups is 1. The van der Waals surface area contributed by atoms with Crippen LogP contribution in [0.4, 0.5) is 0 Å². The van der Waals surface area contributed by atoms with Crippen LogP contribution in [0, 0.1) is 0 Å². The molecule has 2 fully saturated rings. The van der Waals surface area contributed by atoms with E-state index in [0.717, 1.165) is 25.8 Å². The Bertz CT molecular complexity index is 285. The topological polar surface area (TPSA) is 70.6 Å².